The number of nitrogens with zero attached hydrogens (tertiary/aromatic N) is 2. The second-order valence-corrected chi connectivity index (χ2v) is 5.89. The number of pyridine rings is 1. The summed E-state index contributed by atoms with van der Waals surface area (Å²) >= 11 is 0. The van der Waals surface area contributed by atoms with Crippen molar-refractivity contribution >= 4 is 17.4 Å². The van der Waals surface area contributed by atoms with Crippen molar-refractivity contribution in [3.05, 3.63) is 53.7 Å². The Balaban J connectivity index is 1.67. The molecule has 126 valence electrons. The van der Waals surface area contributed by atoms with Gasteiger partial charge < -0.3 is 10.2 Å². The summed E-state index contributed by atoms with van der Waals surface area (Å²) in [6.45, 7) is 1.99. The Labute approximate surface area is 139 Å². The molecule has 1 aliphatic rings. The predicted molar refractivity (Wildman–Crippen MR) is 89.2 cm³/mol. The van der Waals surface area contributed by atoms with Gasteiger partial charge in [0.25, 0.3) is 5.91 Å². The van der Waals surface area contributed by atoms with E-state index < -0.39 is 17.5 Å². The zero-order chi connectivity index (χ0) is 16.9. The van der Waals surface area contributed by atoms with Gasteiger partial charge in [-0.3, -0.25) is 4.79 Å². The minimum absolute atomic E-state index is 0.0606. The largest absolute Gasteiger partial charge is 0.357 e. The van der Waals surface area contributed by atoms with Gasteiger partial charge in [-0.15, -0.1) is 0 Å². The highest BCUT2D eigenvalue weighted by Crippen LogP contribution is 2.19. The number of halogens is 2. The van der Waals surface area contributed by atoms with Crippen molar-refractivity contribution in [2.75, 3.05) is 23.3 Å². The van der Waals surface area contributed by atoms with E-state index in [4.69, 9.17) is 0 Å². The molecule has 0 bridgehead atoms. The summed E-state index contributed by atoms with van der Waals surface area (Å²) in [4.78, 5) is 18.7. The molecule has 0 radical (unpaired) electrons. The molecule has 0 atom stereocenters. The van der Waals surface area contributed by atoms with Gasteiger partial charge in [-0.05, 0) is 43.2 Å². The fourth-order valence-electron chi connectivity index (χ4n) is 2.79. The summed E-state index contributed by atoms with van der Waals surface area (Å²) in [5, 5.41) is 2.64. The fraction of sp³-hybridized carbons (Fsp3) is 0.333. The van der Waals surface area contributed by atoms with Gasteiger partial charge in [0.2, 0.25) is 0 Å². The van der Waals surface area contributed by atoms with Crippen LogP contribution in [0.4, 0.5) is 20.3 Å². The number of nitrogens with one attached hydrogen (secondary N) is 1. The monoisotopic (exact) mass is 331 g/mol. The SMILES string of the molecule is O=C(Nc1ccc(N2CCCCCC2)nc1)c1ccc(F)c(F)c1. The zero-order valence-electron chi connectivity index (χ0n) is 13.3. The van der Waals surface area contributed by atoms with Crippen molar-refractivity contribution in [3.8, 4) is 0 Å². The molecule has 1 saturated heterocycles. The van der Waals surface area contributed by atoms with Crippen molar-refractivity contribution in [3.63, 3.8) is 0 Å². The smallest absolute Gasteiger partial charge is 0.255 e. The lowest BCUT2D eigenvalue weighted by molar-refractivity contribution is 0.102. The molecule has 6 heteroatoms. The number of hydrogen-bond acceptors (Lipinski definition) is 3. The van der Waals surface area contributed by atoms with Gasteiger partial charge in [-0.25, -0.2) is 13.8 Å². The molecule has 2 aromatic rings. The van der Waals surface area contributed by atoms with Crippen LogP contribution in [0, 0.1) is 11.6 Å². The van der Waals surface area contributed by atoms with E-state index in [9.17, 15) is 13.6 Å². The molecule has 1 aromatic heterocycles. The van der Waals surface area contributed by atoms with Crippen molar-refractivity contribution in [2.24, 2.45) is 0 Å². The lowest BCUT2D eigenvalue weighted by Gasteiger charge is -2.21. The summed E-state index contributed by atoms with van der Waals surface area (Å²) in [5.41, 5.74) is 0.578. The number of hydrogen-bond donors (Lipinski definition) is 1. The Bertz CT molecular complexity index is 711. The average Bonchev–Trinajstić information content (AvgIpc) is 2.87. The summed E-state index contributed by atoms with van der Waals surface area (Å²) in [6, 6.07) is 6.69. The number of carbonyl (C=O) groups excluding carboxylic acids is 1. The first kappa shape index (κ1) is 16.4. The molecule has 1 fully saturated rings. The second kappa shape index (κ2) is 7.38. The lowest BCUT2D eigenvalue weighted by atomic mass is 10.2. The van der Waals surface area contributed by atoms with Crippen molar-refractivity contribution in [2.45, 2.75) is 25.7 Å². The van der Waals surface area contributed by atoms with Gasteiger partial charge in [0.05, 0.1) is 11.9 Å². The number of aromatic nitrogens is 1. The molecular weight excluding hydrogens is 312 g/mol. The van der Waals surface area contributed by atoms with Crippen LogP contribution in [-0.4, -0.2) is 24.0 Å². The normalized spacial score (nSPS) is 15.0. The third-order valence-corrected chi connectivity index (χ3v) is 4.12. The number of anilines is 2. The van der Waals surface area contributed by atoms with E-state index in [1.807, 2.05) is 6.07 Å². The van der Waals surface area contributed by atoms with E-state index in [1.165, 1.54) is 18.9 Å². The summed E-state index contributed by atoms with van der Waals surface area (Å²) in [6.07, 6.45) is 6.41. The Morgan fingerprint density at radius 1 is 1.00 bits per heavy atom. The maximum Gasteiger partial charge on any atom is 0.255 e. The van der Waals surface area contributed by atoms with Crippen LogP contribution in [0.3, 0.4) is 0 Å². The Hall–Kier alpha value is -2.50. The summed E-state index contributed by atoms with van der Waals surface area (Å²) in [7, 11) is 0. The van der Waals surface area contributed by atoms with Gasteiger partial charge >= 0.3 is 0 Å². The van der Waals surface area contributed by atoms with Crippen LogP contribution in [0.15, 0.2) is 36.5 Å². The number of carbonyl (C=O) groups is 1. The van der Waals surface area contributed by atoms with Crippen LogP contribution in [0.5, 0.6) is 0 Å². The van der Waals surface area contributed by atoms with Crippen molar-refractivity contribution < 1.29 is 13.6 Å². The maximum atomic E-state index is 13.2. The van der Waals surface area contributed by atoms with Gasteiger partial charge in [-0.2, -0.15) is 0 Å². The molecule has 1 amide bonds. The highest BCUT2D eigenvalue weighted by Gasteiger charge is 2.12. The van der Waals surface area contributed by atoms with Gasteiger partial charge in [0.1, 0.15) is 5.82 Å². The van der Waals surface area contributed by atoms with E-state index >= 15 is 0 Å². The van der Waals surface area contributed by atoms with Crippen LogP contribution in [0.25, 0.3) is 0 Å². The predicted octanol–water partition coefficient (Wildman–Crippen LogP) is 3.99. The Kier molecular flexibility index (Phi) is 5.03. The molecule has 24 heavy (non-hydrogen) atoms. The maximum absolute atomic E-state index is 13.2. The van der Waals surface area contributed by atoms with Crippen molar-refractivity contribution in [1.29, 1.82) is 0 Å². The first-order chi connectivity index (χ1) is 11.6. The molecule has 0 spiro atoms. The molecule has 0 aliphatic carbocycles. The topological polar surface area (TPSA) is 45.2 Å². The van der Waals surface area contributed by atoms with E-state index in [-0.39, 0.29) is 5.56 Å². The van der Waals surface area contributed by atoms with Crippen LogP contribution in [-0.2, 0) is 0 Å². The third kappa shape index (κ3) is 3.88. The molecule has 0 saturated carbocycles. The first-order valence-electron chi connectivity index (χ1n) is 8.11. The highest BCUT2D eigenvalue weighted by atomic mass is 19.2. The van der Waals surface area contributed by atoms with Crippen molar-refractivity contribution in [1.82, 2.24) is 4.98 Å². The number of benzene rings is 1. The van der Waals surface area contributed by atoms with Gasteiger partial charge in [0.15, 0.2) is 11.6 Å². The molecule has 1 aromatic carbocycles. The molecule has 1 aliphatic heterocycles. The first-order valence-corrected chi connectivity index (χ1v) is 8.11. The molecular formula is C18H19F2N3O. The van der Waals surface area contributed by atoms with Crippen LogP contribution in [0.1, 0.15) is 36.0 Å². The Morgan fingerprint density at radius 2 is 1.75 bits per heavy atom. The minimum Gasteiger partial charge on any atom is -0.357 e. The fourth-order valence-corrected chi connectivity index (χ4v) is 2.79. The molecule has 3 rings (SSSR count). The summed E-state index contributed by atoms with van der Waals surface area (Å²) < 4.78 is 26.1. The van der Waals surface area contributed by atoms with E-state index in [0.717, 1.165) is 43.9 Å². The minimum atomic E-state index is -1.04. The number of rotatable bonds is 3. The van der Waals surface area contributed by atoms with E-state index in [0.29, 0.717) is 5.69 Å². The van der Waals surface area contributed by atoms with Crippen LogP contribution < -0.4 is 10.2 Å². The van der Waals surface area contributed by atoms with Gasteiger partial charge in [-0.1, -0.05) is 12.8 Å². The standard InChI is InChI=1S/C18H19F2N3O/c19-15-7-5-13(11-16(15)20)18(24)22-14-6-8-17(21-12-14)23-9-3-1-2-4-10-23/h5-8,11-12H,1-4,9-10H2,(H,22,24). The van der Waals surface area contributed by atoms with Gasteiger partial charge in [0, 0.05) is 18.7 Å². The van der Waals surface area contributed by atoms with Crippen LogP contribution in [0.2, 0.25) is 0 Å². The molecule has 2 heterocycles. The molecule has 4 nitrogen and oxygen atoms in total. The molecule has 0 unspecified atom stereocenters. The Morgan fingerprint density at radius 3 is 2.38 bits per heavy atom. The quantitative estimate of drug-likeness (QED) is 0.925. The van der Waals surface area contributed by atoms with E-state index in [1.54, 1.807) is 12.3 Å². The molecule has 1 N–H and O–H groups in total. The van der Waals surface area contributed by atoms with E-state index in [2.05, 4.69) is 15.2 Å². The highest BCUT2D eigenvalue weighted by molar-refractivity contribution is 6.04. The van der Waals surface area contributed by atoms with Crippen LogP contribution >= 0.6 is 0 Å². The lowest BCUT2D eigenvalue weighted by Crippen LogP contribution is -2.24. The average molecular weight is 331 g/mol. The third-order valence-electron chi connectivity index (χ3n) is 4.12. The zero-order valence-corrected chi connectivity index (χ0v) is 13.3. The second-order valence-electron chi connectivity index (χ2n) is 5.89. The summed E-state index contributed by atoms with van der Waals surface area (Å²) in [5.74, 6) is -1.63. The number of amides is 1.